The van der Waals surface area contributed by atoms with Crippen LogP contribution in [0.5, 0.6) is 0 Å². The van der Waals surface area contributed by atoms with E-state index in [2.05, 4.69) is 5.32 Å². The number of nitrogens with one attached hydrogen (secondary N) is 1. The summed E-state index contributed by atoms with van der Waals surface area (Å²) < 4.78 is 36.4. The molecule has 0 aliphatic rings. The summed E-state index contributed by atoms with van der Waals surface area (Å²) in [7, 11) is 1.80. The Morgan fingerprint density at radius 1 is 1.36 bits per heavy atom. The zero-order chi connectivity index (χ0) is 11.2. The van der Waals surface area contributed by atoms with Crippen molar-refractivity contribution >= 4 is 0 Å². The standard InChI is InChI=1S/C9H19F3N2/c1-4-14(7-9(10,11)12)8(2)5-6-13-3/h8,13H,4-7H2,1-3H3. The van der Waals surface area contributed by atoms with Gasteiger partial charge < -0.3 is 5.32 Å². The van der Waals surface area contributed by atoms with Crippen LogP contribution in [0.3, 0.4) is 0 Å². The average molecular weight is 212 g/mol. The van der Waals surface area contributed by atoms with Crippen LogP contribution in [-0.4, -0.2) is 43.8 Å². The average Bonchev–Trinajstić information content (AvgIpc) is 2.08. The van der Waals surface area contributed by atoms with Gasteiger partial charge in [0.25, 0.3) is 0 Å². The Morgan fingerprint density at radius 3 is 2.29 bits per heavy atom. The fraction of sp³-hybridized carbons (Fsp3) is 1.00. The van der Waals surface area contributed by atoms with Crippen molar-refractivity contribution in [1.82, 2.24) is 10.2 Å². The smallest absolute Gasteiger partial charge is 0.320 e. The summed E-state index contributed by atoms with van der Waals surface area (Å²) in [5, 5.41) is 2.93. The number of hydrogen-bond acceptors (Lipinski definition) is 2. The van der Waals surface area contributed by atoms with E-state index in [1.165, 1.54) is 4.90 Å². The summed E-state index contributed by atoms with van der Waals surface area (Å²) >= 11 is 0. The van der Waals surface area contributed by atoms with Crippen LogP contribution in [0.25, 0.3) is 0 Å². The second kappa shape index (κ2) is 6.24. The summed E-state index contributed by atoms with van der Waals surface area (Å²) in [5.74, 6) is 0. The SMILES string of the molecule is CCN(CC(F)(F)F)C(C)CCNC. The molecule has 0 aliphatic heterocycles. The van der Waals surface area contributed by atoms with E-state index in [1.54, 1.807) is 14.0 Å². The third-order valence-electron chi connectivity index (χ3n) is 2.22. The lowest BCUT2D eigenvalue weighted by Crippen LogP contribution is -2.41. The summed E-state index contributed by atoms with van der Waals surface area (Å²) in [6, 6.07) is -0.0333. The molecule has 0 saturated heterocycles. The highest BCUT2D eigenvalue weighted by molar-refractivity contribution is 4.69. The Morgan fingerprint density at radius 2 is 1.93 bits per heavy atom. The van der Waals surface area contributed by atoms with E-state index in [9.17, 15) is 13.2 Å². The molecule has 0 radical (unpaired) electrons. The maximum absolute atomic E-state index is 12.1. The Hall–Kier alpha value is -0.290. The summed E-state index contributed by atoms with van der Waals surface area (Å²) in [5.41, 5.74) is 0. The van der Waals surface area contributed by atoms with Crippen molar-refractivity contribution < 1.29 is 13.2 Å². The molecule has 0 bridgehead atoms. The largest absolute Gasteiger partial charge is 0.401 e. The molecule has 0 aliphatic carbocycles. The molecule has 0 rings (SSSR count). The van der Waals surface area contributed by atoms with Crippen molar-refractivity contribution in [2.24, 2.45) is 0 Å². The van der Waals surface area contributed by atoms with Crippen LogP contribution in [0.4, 0.5) is 13.2 Å². The molecule has 1 N–H and O–H groups in total. The van der Waals surface area contributed by atoms with Gasteiger partial charge in [-0.15, -0.1) is 0 Å². The molecule has 0 heterocycles. The highest BCUT2D eigenvalue weighted by Gasteiger charge is 2.31. The molecule has 0 amide bonds. The van der Waals surface area contributed by atoms with Gasteiger partial charge in [-0.1, -0.05) is 6.92 Å². The third kappa shape index (κ3) is 6.21. The molecule has 0 saturated carbocycles. The quantitative estimate of drug-likeness (QED) is 0.723. The van der Waals surface area contributed by atoms with E-state index in [0.29, 0.717) is 6.54 Å². The van der Waals surface area contributed by atoms with Crippen LogP contribution in [-0.2, 0) is 0 Å². The predicted molar refractivity (Wildman–Crippen MR) is 51.3 cm³/mol. The van der Waals surface area contributed by atoms with Gasteiger partial charge in [-0.05, 0) is 33.5 Å². The highest BCUT2D eigenvalue weighted by Crippen LogP contribution is 2.18. The first kappa shape index (κ1) is 13.7. The minimum Gasteiger partial charge on any atom is -0.320 e. The van der Waals surface area contributed by atoms with Crippen molar-refractivity contribution in [3.05, 3.63) is 0 Å². The minimum absolute atomic E-state index is 0.0333. The number of hydrogen-bond donors (Lipinski definition) is 1. The van der Waals surface area contributed by atoms with Crippen LogP contribution in [0.1, 0.15) is 20.3 Å². The van der Waals surface area contributed by atoms with Gasteiger partial charge in [0.2, 0.25) is 0 Å². The number of halogens is 3. The van der Waals surface area contributed by atoms with Gasteiger partial charge in [-0.3, -0.25) is 4.90 Å². The van der Waals surface area contributed by atoms with Gasteiger partial charge in [-0.2, -0.15) is 13.2 Å². The lowest BCUT2D eigenvalue weighted by Gasteiger charge is -2.28. The normalized spacial score (nSPS) is 14.8. The van der Waals surface area contributed by atoms with Crippen LogP contribution in [0.15, 0.2) is 0 Å². The molecule has 1 unspecified atom stereocenters. The fourth-order valence-corrected chi connectivity index (χ4v) is 1.35. The molecule has 5 heteroatoms. The molecular weight excluding hydrogens is 193 g/mol. The molecule has 0 fully saturated rings. The topological polar surface area (TPSA) is 15.3 Å². The lowest BCUT2D eigenvalue weighted by atomic mass is 10.2. The minimum atomic E-state index is -4.09. The lowest BCUT2D eigenvalue weighted by molar-refractivity contribution is -0.149. The Labute approximate surface area is 83.5 Å². The van der Waals surface area contributed by atoms with E-state index in [-0.39, 0.29) is 6.04 Å². The number of rotatable bonds is 6. The second-order valence-electron chi connectivity index (χ2n) is 3.42. The molecule has 86 valence electrons. The predicted octanol–water partition coefficient (Wildman–Crippen LogP) is 1.87. The van der Waals surface area contributed by atoms with E-state index in [0.717, 1.165) is 13.0 Å². The monoisotopic (exact) mass is 212 g/mol. The Kier molecular flexibility index (Phi) is 6.11. The fourth-order valence-electron chi connectivity index (χ4n) is 1.35. The zero-order valence-electron chi connectivity index (χ0n) is 8.99. The van der Waals surface area contributed by atoms with Gasteiger partial charge in [0.1, 0.15) is 0 Å². The molecule has 1 atom stereocenters. The Bertz CT molecular complexity index is 147. The molecule has 0 aromatic rings. The molecular formula is C9H19F3N2. The first-order valence-corrected chi connectivity index (χ1v) is 4.86. The first-order chi connectivity index (χ1) is 6.40. The maximum atomic E-state index is 12.1. The maximum Gasteiger partial charge on any atom is 0.401 e. The van der Waals surface area contributed by atoms with Gasteiger partial charge in [-0.25, -0.2) is 0 Å². The number of alkyl halides is 3. The van der Waals surface area contributed by atoms with Crippen LogP contribution in [0.2, 0.25) is 0 Å². The highest BCUT2D eigenvalue weighted by atomic mass is 19.4. The van der Waals surface area contributed by atoms with Crippen LogP contribution < -0.4 is 5.32 Å². The van der Waals surface area contributed by atoms with Crippen molar-refractivity contribution in [3.8, 4) is 0 Å². The van der Waals surface area contributed by atoms with E-state index in [1.807, 2.05) is 6.92 Å². The summed E-state index contributed by atoms with van der Waals surface area (Å²) in [6.07, 6.45) is -3.36. The van der Waals surface area contributed by atoms with Crippen molar-refractivity contribution in [1.29, 1.82) is 0 Å². The summed E-state index contributed by atoms with van der Waals surface area (Å²) in [6.45, 7) is 3.95. The zero-order valence-corrected chi connectivity index (χ0v) is 8.99. The van der Waals surface area contributed by atoms with E-state index >= 15 is 0 Å². The molecule has 0 spiro atoms. The van der Waals surface area contributed by atoms with Gasteiger partial charge in [0.05, 0.1) is 6.54 Å². The van der Waals surface area contributed by atoms with Crippen molar-refractivity contribution in [2.45, 2.75) is 32.5 Å². The van der Waals surface area contributed by atoms with Gasteiger partial charge >= 0.3 is 6.18 Å². The molecule has 14 heavy (non-hydrogen) atoms. The molecule has 0 aromatic heterocycles. The van der Waals surface area contributed by atoms with Gasteiger partial charge in [0.15, 0.2) is 0 Å². The van der Waals surface area contributed by atoms with E-state index in [4.69, 9.17) is 0 Å². The van der Waals surface area contributed by atoms with Crippen LogP contribution >= 0.6 is 0 Å². The third-order valence-corrected chi connectivity index (χ3v) is 2.22. The first-order valence-electron chi connectivity index (χ1n) is 4.86. The van der Waals surface area contributed by atoms with Gasteiger partial charge in [0, 0.05) is 6.04 Å². The van der Waals surface area contributed by atoms with E-state index < -0.39 is 12.7 Å². The molecule has 0 aromatic carbocycles. The van der Waals surface area contributed by atoms with Crippen LogP contribution in [0, 0.1) is 0 Å². The number of nitrogens with zero attached hydrogens (tertiary/aromatic N) is 1. The van der Waals surface area contributed by atoms with Crippen molar-refractivity contribution in [2.75, 3.05) is 26.7 Å². The molecule has 2 nitrogen and oxygen atoms in total. The summed E-state index contributed by atoms with van der Waals surface area (Å²) in [4.78, 5) is 1.44. The van der Waals surface area contributed by atoms with Crippen molar-refractivity contribution in [3.63, 3.8) is 0 Å². The second-order valence-corrected chi connectivity index (χ2v) is 3.42. The Balaban J connectivity index is 3.99.